The van der Waals surface area contributed by atoms with Gasteiger partial charge in [-0.25, -0.2) is 4.39 Å². The van der Waals surface area contributed by atoms with Gasteiger partial charge < -0.3 is 15.0 Å². The Hall–Kier alpha value is -1.95. The van der Waals surface area contributed by atoms with Crippen LogP contribution in [0.1, 0.15) is 61.4 Å². The van der Waals surface area contributed by atoms with Crippen molar-refractivity contribution in [3.8, 4) is 0 Å². The molecule has 2 aliphatic rings. The molecule has 3 atom stereocenters. The summed E-state index contributed by atoms with van der Waals surface area (Å²) in [6.45, 7) is 6.15. The first kappa shape index (κ1) is 20.8. The quantitative estimate of drug-likeness (QED) is 0.809. The molecule has 1 aromatic rings. The van der Waals surface area contributed by atoms with Crippen LogP contribution in [0.4, 0.5) is 4.39 Å². The molecule has 0 bridgehead atoms. The summed E-state index contributed by atoms with van der Waals surface area (Å²) in [7, 11) is 0. The summed E-state index contributed by atoms with van der Waals surface area (Å²) in [5.74, 6) is -0.511. The van der Waals surface area contributed by atoms with Gasteiger partial charge in [0.05, 0.1) is 12.1 Å². The first-order valence-corrected chi connectivity index (χ1v) is 10.5. The number of likely N-dealkylation sites (tertiary alicyclic amines) is 1. The summed E-state index contributed by atoms with van der Waals surface area (Å²) < 4.78 is 19.6. The molecule has 5 nitrogen and oxygen atoms in total. The number of hydrogen-bond acceptors (Lipinski definition) is 3. The van der Waals surface area contributed by atoms with E-state index in [1.165, 1.54) is 12.1 Å². The fourth-order valence-corrected chi connectivity index (χ4v) is 4.25. The standard InChI is InChI=1S/C22H31FN2O3/c1-3-12-28-20-13-16(22(27)25-10-4-5-11-25)7-9-19(20)24-21(26)18-14-17(23)8-6-15(18)2/h6,8,14,16,19-20H,3-5,7,9-13H2,1-2H3,(H,24,26)/t16-,19+,20+/m0/s1. The number of nitrogens with zero attached hydrogens (tertiary/aromatic N) is 1. The number of carbonyl (C=O) groups excluding carboxylic acids is 2. The molecule has 0 aromatic heterocycles. The Morgan fingerprint density at radius 1 is 1.25 bits per heavy atom. The number of amides is 2. The SMILES string of the molecule is CCCO[C@@H]1C[C@@H](C(=O)N2CCCC2)CC[C@H]1NC(=O)c1cc(F)ccc1C. The van der Waals surface area contributed by atoms with E-state index in [0.29, 0.717) is 25.0 Å². The average molecular weight is 390 g/mol. The van der Waals surface area contributed by atoms with Gasteiger partial charge >= 0.3 is 0 Å². The highest BCUT2D eigenvalue weighted by Gasteiger charge is 2.37. The third-order valence-corrected chi connectivity index (χ3v) is 5.86. The van der Waals surface area contributed by atoms with Gasteiger partial charge in [0.15, 0.2) is 0 Å². The summed E-state index contributed by atoms with van der Waals surface area (Å²) >= 11 is 0. The van der Waals surface area contributed by atoms with E-state index in [9.17, 15) is 14.0 Å². The van der Waals surface area contributed by atoms with Crippen molar-refractivity contribution in [3.05, 3.63) is 35.1 Å². The number of aryl methyl sites for hydroxylation is 1. The van der Waals surface area contributed by atoms with Gasteiger partial charge in [0, 0.05) is 31.2 Å². The van der Waals surface area contributed by atoms with Gasteiger partial charge in [-0.3, -0.25) is 9.59 Å². The second-order valence-electron chi connectivity index (χ2n) is 7.99. The number of hydrogen-bond donors (Lipinski definition) is 1. The molecule has 1 heterocycles. The van der Waals surface area contributed by atoms with E-state index in [4.69, 9.17) is 4.74 Å². The van der Waals surface area contributed by atoms with Gasteiger partial charge in [-0.1, -0.05) is 13.0 Å². The van der Waals surface area contributed by atoms with Crippen molar-refractivity contribution >= 4 is 11.8 Å². The van der Waals surface area contributed by atoms with E-state index in [1.807, 2.05) is 11.8 Å². The smallest absolute Gasteiger partial charge is 0.251 e. The van der Waals surface area contributed by atoms with Crippen molar-refractivity contribution in [2.75, 3.05) is 19.7 Å². The van der Waals surface area contributed by atoms with Crippen molar-refractivity contribution in [3.63, 3.8) is 0 Å². The number of halogens is 1. The zero-order chi connectivity index (χ0) is 20.1. The molecule has 0 radical (unpaired) electrons. The van der Waals surface area contributed by atoms with E-state index >= 15 is 0 Å². The van der Waals surface area contributed by atoms with Gasteiger partial charge in [0.1, 0.15) is 5.82 Å². The van der Waals surface area contributed by atoms with E-state index < -0.39 is 5.82 Å². The molecule has 1 aromatic carbocycles. The van der Waals surface area contributed by atoms with Gasteiger partial charge in [-0.15, -0.1) is 0 Å². The second-order valence-corrected chi connectivity index (χ2v) is 7.99. The van der Waals surface area contributed by atoms with Crippen LogP contribution in [-0.4, -0.2) is 48.6 Å². The molecule has 3 rings (SSSR count). The Morgan fingerprint density at radius 2 is 2.00 bits per heavy atom. The molecule has 1 saturated carbocycles. The first-order chi connectivity index (χ1) is 13.5. The summed E-state index contributed by atoms with van der Waals surface area (Å²) in [4.78, 5) is 27.5. The minimum Gasteiger partial charge on any atom is -0.376 e. The van der Waals surface area contributed by atoms with E-state index in [1.54, 1.807) is 13.0 Å². The molecule has 0 unspecified atom stereocenters. The molecular formula is C22H31FN2O3. The highest BCUT2D eigenvalue weighted by Crippen LogP contribution is 2.30. The van der Waals surface area contributed by atoms with E-state index in [-0.39, 0.29) is 29.9 Å². The molecule has 1 N–H and O–H groups in total. The molecule has 2 fully saturated rings. The number of carbonyl (C=O) groups is 2. The third kappa shape index (κ3) is 4.90. The molecule has 6 heteroatoms. The Balaban J connectivity index is 1.67. The Bertz CT molecular complexity index is 703. The molecule has 2 amide bonds. The van der Waals surface area contributed by atoms with Crippen molar-refractivity contribution in [2.45, 2.75) is 64.5 Å². The number of benzene rings is 1. The van der Waals surface area contributed by atoms with Crippen molar-refractivity contribution < 1.29 is 18.7 Å². The van der Waals surface area contributed by atoms with Gasteiger partial charge in [0.25, 0.3) is 5.91 Å². The van der Waals surface area contributed by atoms with Crippen LogP contribution in [0.5, 0.6) is 0 Å². The molecule has 1 aliphatic heterocycles. The number of nitrogens with one attached hydrogen (secondary N) is 1. The summed E-state index contributed by atoms with van der Waals surface area (Å²) in [6.07, 6.45) is 4.92. The van der Waals surface area contributed by atoms with Crippen LogP contribution in [0.25, 0.3) is 0 Å². The lowest BCUT2D eigenvalue weighted by atomic mass is 9.82. The highest BCUT2D eigenvalue weighted by molar-refractivity contribution is 5.95. The van der Waals surface area contributed by atoms with Crippen LogP contribution < -0.4 is 5.32 Å². The second kappa shape index (κ2) is 9.50. The van der Waals surface area contributed by atoms with Gasteiger partial charge in [-0.2, -0.15) is 0 Å². The predicted molar refractivity (Wildman–Crippen MR) is 106 cm³/mol. The maximum Gasteiger partial charge on any atom is 0.251 e. The number of ether oxygens (including phenoxy) is 1. The molecule has 28 heavy (non-hydrogen) atoms. The Kier molecular flexibility index (Phi) is 7.05. The van der Waals surface area contributed by atoms with Crippen LogP contribution in [0.2, 0.25) is 0 Å². The van der Waals surface area contributed by atoms with Crippen molar-refractivity contribution in [1.82, 2.24) is 10.2 Å². The topological polar surface area (TPSA) is 58.6 Å². The summed E-state index contributed by atoms with van der Waals surface area (Å²) in [5, 5.41) is 3.04. The molecule has 1 saturated heterocycles. The fraction of sp³-hybridized carbons (Fsp3) is 0.636. The lowest BCUT2D eigenvalue weighted by Gasteiger charge is -2.37. The van der Waals surface area contributed by atoms with E-state index in [0.717, 1.165) is 44.3 Å². The zero-order valence-electron chi connectivity index (χ0n) is 16.9. The average Bonchev–Trinajstić information content (AvgIpc) is 3.23. The minimum absolute atomic E-state index is 0.0379. The van der Waals surface area contributed by atoms with Crippen LogP contribution >= 0.6 is 0 Å². The monoisotopic (exact) mass is 390 g/mol. The van der Waals surface area contributed by atoms with Gasteiger partial charge in [-0.05, 0) is 63.1 Å². The predicted octanol–water partition coefficient (Wildman–Crippen LogP) is 3.45. The highest BCUT2D eigenvalue weighted by atomic mass is 19.1. The number of rotatable bonds is 6. The van der Waals surface area contributed by atoms with Gasteiger partial charge in [0.2, 0.25) is 5.91 Å². The van der Waals surface area contributed by atoms with E-state index in [2.05, 4.69) is 5.32 Å². The van der Waals surface area contributed by atoms with Crippen LogP contribution in [0, 0.1) is 18.7 Å². The fourth-order valence-electron chi connectivity index (χ4n) is 4.25. The third-order valence-electron chi connectivity index (χ3n) is 5.86. The lowest BCUT2D eigenvalue weighted by Crippen LogP contribution is -2.50. The minimum atomic E-state index is -0.422. The zero-order valence-corrected chi connectivity index (χ0v) is 16.9. The van der Waals surface area contributed by atoms with Crippen LogP contribution in [0.3, 0.4) is 0 Å². The Morgan fingerprint density at radius 3 is 2.71 bits per heavy atom. The lowest BCUT2D eigenvalue weighted by molar-refractivity contribution is -0.138. The van der Waals surface area contributed by atoms with Crippen molar-refractivity contribution in [2.24, 2.45) is 5.92 Å². The summed E-state index contributed by atoms with van der Waals surface area (Å²) in [6, 6.07) is 4.08. The maximum absolute atomic E-state index is 13.6. The normalized spacial score (nSPS) is 25.0. The molecule has 0 spiro atoms. The Labute approximate surface area is 166 Å². The summed E-state index contributed by atoms with van der Waals surface area (Å²) in [5.41, 5.74) is 1.09. The van der Waals surface area contributed by atoms with Crippen LogP contribution in [0.15, 0.2) is 18.2 Å². The maximum atomic E-state index is 13.6. The molecular weight excluding hydrogens is 359 g/mol. The first-order valence-electron chi connectivity index (χ1n) is 10.5. The largest absolute Gasteiger partial charge is 0.376 e. The molecule has 154 valence electrons. The van der Waals surface area contributed by atoms with Crippen LogP contribution in [-0.2, 0) is 9.53 Å². The molecule has 1 aliphatic carbocycles. The van der Waals surface area contributed by atoms with Crippen molar-refractivity contribution in [1.29, 1.82) is 0 Å².